The highest BCUT2D eigenvalue weighted by molar-refractivity contribution is 8.93. The van der Waals surface area contributed by atoms with Crippen molar-refractivity contribution in [1.29, 1.82) is 0 Å². The van der Waals surface area contributed by atoms with E-state index in [0.29, 0.717) is 5.56 Å². The maximum absolute atomic E-state index is 10.5. The Kier molecular flexibility index (Phi) is 3.96. The van der Waals surface area contributed by atoms with Gasteiger partial charge in [-0.1, -0.05) is 6.07 Å². The summed E-state index contributed by atoms with van der Waals surface area (Å²) >= 11 is 0. The molecule has 1 aromatic rings. The van der Waals surface area contributed by atoms with E-state index in [-0.39, 0.29) is 17.0 Å². The van der Waals surface area contributed by atoms with E-state index in [1.165, 1.54) is 0 Å². The summed E-state index contributed by atoms with van der Waals surface area (Å²) in [5.41, 5.74) is 2.49. The number of aryl methyl sites for hydroxylation is 2. The van der Waals surface area contributed by atoms with Gasteiger partial charge < -0.3 is 5.11 Å². The lowest BCUT2D eigenvalue weighted by molar-refractivity contribution is 0.0697. The van der Waals surface area contributed by atoms with Gasteiger partial charge in [0.25, 0.3) is 0 Å². The Balaban J connectivity index is 0.00000121. The van der Waals surface area contributed by atoms with Crippen molar-refractivity contribution in [2.75, 3.05) is 0 Å². The molecule has 0 radical (unpaired) electrons. The van der Waals surface area contributed by atoms with Crippen LogP contribution in [0.25, 0.3) is 0 Å². The van der Waals surface area contributed by atoms with Gasteiger partial charge >= 0.3 is 5.97 Å². The van der Waals surface area contributed by atoms with Crippen LogP contribution in [-0.2, 0) is 0 Å². The van der Waals surface area contributed by atoms with E-state index in [0.717, 1.165) is 11.1 Å². The number of aromatic carboxylic acids is 1. The van der Waals surface area contributed by atoms with E-state index in [2.05, 4.69) is 0 Å². The van der Waals surface area contributed by atoms with Crippen molar-refractivity contribution in [3.63, 3.8) is 0 Å². The molecule has 0 aliphatic carbocycles. The molecular formula is C9H11BrO2. The first kappa shape index (κ1) is 11.2. The van der Waals surface area contributed by atoms with Gasteiger partial charge in [0, 0.05) is 0 Å². The van der Waals surface area contributed by atoms with Crippen molar-refractivity contribution in [2.45, 2.75) is 13.8 Å². The Morgan fingerprint density at radius 3 is 2.25 bits per heavy atom. The average molecular weight is 231 g/mol. The third kappa shape index (κ3) is 2.34. The Labute approximate surface area is 82.0 Å². The molecule has 12 heavy (non-hydrogen) atoms. The molecule has 66 valence electrons. The second-order valence-corrected chi connectivity index (χ2v) is 2.60. The van der Waals surface area contributed by atoms with Crippen molar-refractivity contribution < 1.29 is 9.90 Å². The second-order valence-electron chi connectivity index (χ2n) is 2.60. The number of carboxylic acids is 1. The fourth-order valence-electron chi connectivity index (χ4n) is 0.874. The summed E-state index contributed by atoms with van der Waals surface area (Å²) in [7, 11) is 0. The molecule has 0 spiro atoms. The quantitative estimate of drug-likeness (QED) is 0.806. The van der Waals surface area contributed by atoms with Gasteiger partial charge in [-0.2, -0.15) is 0 Å². The number of rotatable bonds is 1. The highest BCUT2D eigenvalue weighted by atomic mass is 79.9. The zero-order chi connectivity index (χ0) is 8.43. The molecule has 0 aromatic heterocycles. The van der Waals surface area contributed by atoms with E-state index in [4.69, 9.17) is 5.11 Å². The Bertz CT molecular complexity index is 295. The number of carboxylic acid groups (broad SMARTS) is 1. The number of carbonyl (C=O) groups is 1. The molecular weight excluding hydrogens is 220 g/mol. The SMILES string of the molecule is Br.Cc1ccc(C(=O)O)cc1C. The molecule has 2 nitrogen and oxygen atoms in total. The Hall–Kier alpha value is -0.830. The smallest absolute Gasteiger partial charge is 0.335 e. The predicted molar refractivity (Wildman–Crippen MR) is 53.2 cm³/mol. The number of halogens is 1. The van der Waals surface area contributed by atoms with E-state index in [1.807, 2.05) is 19.9 Å². The first-order chi connectivity index (χ1) is 5.11. The minimum Gasteiger partial charge on any atom is -0.478 e. The van der Waals surface area contributed by atoms with Gasteiger partial charge in [0.1, 0.15) is 0 Å². The summed E-state index contributed by atoms with van der Waals surface area (Å²) in [4.78, 5) is 10.5. The topological polar surface area (TPSA) is 37.3 Å². The Morgan fingerprint density at radius 1 is 1.25 bits per heavy atom. The van der Waals surface area contributed by atoms with E-state index < -0.39 is 5.97 Å². The summed E-state index contributed by atoms with van der Waals surface area (Å²) in [6.45, 7) is 3.86. The minimum atomic E-state index is -0.867. The van der Waals surface area contributed by atoms with Crippen molar-refractivity contribution in [1.82, 2.24) is 0 Å². The number of hydrogen-bond donors (Lipinski definition) is 1. The van der Waals surface area contributed by atoms with Gasteiger partial charge in [0.2, 0.25) is 0 Å². The highest BCUT2D eigenvalue weighted by Crippen LogP contribution is 2.09. The fraction of sp³-hybridized carbons (Fsp3) is 0.222. The fourth-order valence-corrected chi connectivity index (χ4v) is 0.874. The molecule has 0 amide bonds. The van der Waals surface area contributed by atoms with Crippen LogP contribution in [0.4, 0.5) is 0 Å². The van der Waals surface area contributed by atoms with Gasteiger partial charge in [-0.15, -0.1) is 17.0 Å². The first-order valence-corrected chi connectivity index (χ1v) is 3.42. The minimum absolute atomic E-state index is 0. The third-order valence-corrected chi connectivity index (χ3v) is 1.75. The van der Waals surface area contributed by atoms with E-state index in [9.17, 15) is 4.79 Å². The molecule has 3 heteroatoms. The molecule has 0 heterocycles. The van der Waals surface area contributed by atoms with Crippen LogP contribution >= 0.6 is 17.0 Å². The lowest BCUT2D eigenvalue weighted by atomic mass is 10.1. The van der Waals surface area contributed by atoms with Crippen molar-refractivity contribution in [3.05, 3.63) is 34.9 Å². The van der Waals surface area contributed by atoms with Gasteiger partial charge in [-0.05, 0) is 37.1 Å². The first-order valence-electron chi connectivity index (χ1n) is 3.42. The highest BCUT2D eigenvalue weighted by Gasteiger charge is 2.02. The lowest BCUT2D eigenvalue weighted by Crippen LogP contribution is -1.96. The zero-order valence-corrected chi connectivity index (χ0v) is 8.71. The molecule has 0 saturated heterocycles. The maximum Gasteiger partial charge on any atom is 0.335 e. The van der Waals surface area contributed by atoms with Crippen molar-refractivity contribution in [3.8, 4) is 0 Å². The molecule has 0 aliphatic rings. The molecule has 1 aromatic carbocycles. The van der Waals surface area contributed by atoms with Gasteiger partial charge in [0.05, 0.1) is 5.56 Å². The molecule has 0 fully saturated rings. The van der Waals surface area contributed by atoms with Crippen LogP contribution in [0.2, 0.25) is 0 Å². The maximum atomic E-state index is 10.5. The third-order valence-electron chi connectivity index (χ3n) is 1.75. The number of hydrogen-bond acceptors (Lipinski definition) is 1. The standard InChI is InChI=1S/C9H10O2.BrH/c1-6-3-4-8(9(10)11)5-7(6)2;/h3-5H,1-2H3,(H,10,11);1H. The van der Waals surface area contributed by atoms with Gasteiger partial charge in [-0.3, -0.25) is 0 Å². The lowest BCUT2D eigenvalue weighted by Gasteiger charge is -1.99. The van der Waals surface area contributed by atoms with Crippen molar-refractivity contribution >= 4 is 23.0 Å². The second kappa shape index (κ2) is 4.26. The summed E-state index contributed by atoms with van der Waals surface area (Å²) in [6, 6.07) is 5.11. The van der Waals surface area contributed by atoms with Crippen LogP contribution in [0.15, 0.2) is 18.2 Å². The van der Waals surface area contributed by atoms with Crippen LogP contribution < -0.4 is 0 Å². The van der Waals surface area contributed by atoms with Crippen LogP contribution in [0, 0.1) is 13.8 Å². The zero-order valence-electron chi connectivity index (χ0n) is 7.00. The van der Waals surface area contributed by atoms with E-state index >= 15 is 0 Å². The largest absolute Gasteiger partial charge is 0.478 e. The normalized spacial score (nSPS) is 8.83. The monoisotopic (exact) mass is 230 g/mol. The van der Waals surface area contributed by atoms with Crippen molar-refractivity contribution in [2.24, 2.45) is 0 Å². The molecule has 0 aliphatic heterocycles. The predicted octanol–water partition coefficient (Wildman–Crippen LogP) is 2.58. The summed E-state index contributed by atoms with van der Waals surface area (Å²) in [5.74, 6) is -0.867. The van der Waals surface area contributed by atoms with Crippen LogP contribution in [-0.4, -0.2) is 11.1 Å². The van der Waals surface area contributed by atoms with Crippen LogP contribution in [0.1, 0.15) is 21.5 Å². The van der Waals surface area contributed by atoms with Crippen LogP contribution in [0.5, 0.6) is 0 Å². The summed E-state index contributed by atoms with van der Waals surface area (Å²) in [6.07, 6.45) is 0. The molecule has 0 unspecified atom stereocenters. The molecule has 1 rings (SSSR count). The van der Waals surface area contributed by atoms with Crippen LogP contribution in [0.3, 0.4) is 0 Å². The molecule has 0 atom stereocenters. The molecule has 1 N–H and O–H groups in total. The number of benzene rings is 1. The van der Waals surface area contributed by atoms with Gasteiger partial charge in [-0.25, -0.2) is 4.79 Å². The Morgan fingerprint density at radius 2 is 1.83 bits per heavy atom. The average Bonchev–Trinajstić information content (AvgIpc) is 1.94. The van der Waals surface area contributed by atoms with E-state index in [1.54, 1.807) is 12.1 Å². The molecule has 0 bridgehead atoms. The summed E-state index contributed by atoms with van der Waals surface area (Å²) < 4.78 is 0. The summed E-state index contributed by atoms with van der Waals surface area (Å²) in [5, 5.41) is 8.60. The molecule has 0 saturated carbocycles. The van der Waals surface area contributed by atoms with Gasteiger partial charge in [0.15, 0.2) is 0 Å².